The van der Waals surface area contributed by atoms with Crippen molar-refractivity contribution in [2.24, 2.45) is 0 Å². The molecule has 0 aliphatic heterocycles. The van der Waals surface area contributed by atoms with E-state index < -0.39 is 0 Å². The Morgan fingerprint density at radius 2 is 1.85 bits per heavy atom. The summed E-state index contributed by atoms with van der Waals surface area (Å²) in [4.78, 5) is 2.28. The molecule has 0 spiro atoms. The van der Waals surface area contributed by atoms with E-state index in [4.69, 9.17) is 0 Å². The molecule has 0 saturated heterocycles. The quantitative estimate of drug-likeness (QED) is 0.891. The number of rotatable bonds is 5. The van der Waals surface area contributed by atoms with E-state index in [1.54, 1.807) is 0 Å². The Morgan fingerprint density at radius 1 is 1.15 bits per heavy atom. The minimum absolute atomic E-state index is 0.155. The lowest BCUT2D eigenvalue weighted by Crippen LogP contribution is -2.52. The molecule has 0 aromatic heterocycles. The van der Waals surface area contributed by atoms with E-state index in [0.717, 1.165) is 12.6 Å². The summed E-state index contributed by atoms with van der Waals surface area (Å²) in [6, 6.07) is 3.61. The highest BCUT2D eigenvalue weighted by Crippen LogP contribution is 2.31. The van der Waals surface area contributed by atoms with E-state index in [-0.39, 0.29) is 17.2 Å². The predicted molar refractivity (Wildman–Crippen MR) is 77.6 cm³/mol. The zero-order valence-electron chi connectivity index (χ0n) is 12.4. The van der Waals surface area contributed by atoms with E-state index in [1.165, 1.54) is 44.2 Å². The van der Waals surface area contributed by atoms with Gasteiger partial charge in [-0.1, -0.05) is 19.3 Å². The summed E-state index contributed by atoms with van der Waals surface area (Å²) in [5.41, 5.74) is 0.553. The highest BCUT2D eigenvalue weighted by Gasteiger charge is 2.33. The molecular formula is C16H24F2N2. The van der Waals surface area contributed by atoms with E-state index in [1.807, 2.05) is 0 Å². The topological polar surface area (TPSA) is 15.3 Å². The molecule has 0 radical (unpaired) electrons. The first-order valence-electron chi connectivity index (χ1n) is 7.36. The van der Waals surface area contributed by atoms with Crippen LogP contribution in [0.5, 0.6) is 0 Å². The molecule has 0 amide bonds. The lowest BCUT2D eigenvalue weighted by atomic mass is 9.80. The van der Waals surface area contributed by atoms with Crippen LogP contribution in [-0.2, 0) is 6.54 Å². The molecule has 1 aromatic rings. The molecule has 0 bridgehead atoms. The van der Waals surface area contributed by atoms with Crippen LogP contribution in [-0.4, -0.2) is 31.1 Å². The van der Waals surface area contributed by atoms with E-state index in [2.05, 4.69) is 24.3 Å². The van der Waals surface area contributed by atoms with E-state index >= 15 is 0 Å². The lowest BCUT2D eigenvalue weighted by Gasteiger charge is -2.43. The molecule has 2 rings (SSSR count). The van der Waals surface area contributed by atoms with E-state index in [9.17, 15) is 8.78 Å². The van der Waals surface area contributed by atoms with Gasteiger partial charge in [0.2, 0.25) is 0 Å². The SMILES string of the molecule is CN(C)C1(CNCc2cc(F)ccc2F)CCCCC1. The third-order valence-electron chi connectivity index (χ3n) is 4.51. The second kappa shape index (κ2) is 6.64. The molecule has 0 unspecified atom stereocenters. The third-order valence-corrected chi connectivity index (χ3v) is 4.51. The zero-order valence-corrected chi connectivity index (χ0v) is 12.4. The van der Waals surface area contributed by atoms with Gasteiger partial charge in [0.25, 0.3) is 0 Å². The first-order valence-corrected chi connectivity index (χ1v) is 7.36. The Kier molecular flexibility index (Phi) is 5.11. The highest BCUT2D eigenvalue weighted by atomic mass is 19.1. The first-order chi connectivity index (χ1) is 9.53. The van der Waals surface area contributed by atoms with Crippen molar-refractivity contribution in [2.45, 2.75) is 44.2 Å². The predicted octanol–water partition coefficient (Wildman–Crippen LogP) is 3.32. The maximum Gasteiger partial charge on any atom is 0.127 e. The summed E-state index contributed by atoms with van der Waals surface area (Å²) in [5.74, 6) is -0.732. The standard InChI is InChI=1S/C16H24F2N2/c1-20(2)16(8-4-3-5-9-16)12-19-11-13-10-14(17)6-7-15(13)18/h6-7,10,19H,3-5,8-9,11-12H2,1-2H3. The van der Waals surface area contributed by atoms with Crippen LogP contribution in [0.25, 0.3) is 0 Å². The minimum atomic E-state index is -0.386. The fourth-order valence-corrected chi connectivity index (χ4v) is 3.10. The largest absolute Gasteiger partial charge is 0.311 e. The number of benzene rings is 1. The number of nitrogens with one attached hydrogen (secondary N) is 1. The lowest BCUT2D eigenvalue weighted by molar-refractivity contribution is 0.0983. The van der Waals surface area contributed by atoms with Gasteiger partial charge in [-0.3, -0.25) is 0 Å². The fourth-order valence-electron chi connectivity index (χ4n) is 3.10. The summed E-state index contributed by atoms with van der Waals surface area (Å²) in [6.07, 6.45) is 6.12. The number of hydrogen-bond donors (Lipinski definition) is 1. The Morgan fingerprint density at radius 3 is 2.50 bits per heavy atom. The summed E-state index contributed by atoms with van der Waals surface area (Å²) < 4.78 is 26.7. The van der Waals surface area contributed by atoms with Crippen LogP contribution in [0.2, 0.25) is 0 Å². The number of nitrogens with zero attached hydrogens (tertiary/aromatic N) is 1. The normalized spacial score (nSPS) is 18.4. The van der Waals surface area contributed by atoms with Crippen molar-refractivity contribution in [3.05, 3.63) is 35.4 Å². The summed E-state index contributed by atoms with van der Waals surface area (Å²) in [5, 5.41) is 3.31. The molecule has 4 heteroatoms. The van der Waals surface area contributed by atoms with Gasteiger partial charge in [0.15, 0.2) is 0 Å². The van der Waals surface area contributed by atoms with Crippen LogP contribution in [0.4, 0.5) is 8.78 Å². The second-order valence-corrected chi connectivity index (χ2v) is 6.02. The molecular weight excluding hydrogens is 258 g/mol. The molecule has 1 aliphatic carbocycles. The minimum Gasteiger partial charge on any atom is -0.311 e. The van der Waals surface area contributed by atoms with Gasteiger partial charge in [0, 0.05) is 24.2 Å². The van der Waals surface area contributed by atoms with Gasteiger partial charge in [-0.25, -0.2) is 8.78 Å². The number of halogens is 2. The Bertz CT molecular complexity index is 440. The second-order valence-electron chi connectivity index (χ2n) is 6.02. The molecule has 1 N–H and O–H groups in total. The molecule has 1 aromatic carbocycles. The third kappa shape index (κ3) is 3.55. The monoisotopic (exact) mass is 282 g/mol. The van der Waals surface area contributed by atoms with Gasteiger partial charge in [0.1, 0.15) is 11.6 Å². The van der Waals surface area contributed by atoms with Gasteiger partial charge in [-0.05, 0) is 45.1 Å². The van der Waals surface area contributed by atoms with Crippen molar-refractivity contribution in [3.8, 4) is 0 Å². The van der Waals surface area contributed by atoms with Gasteiger partial charge in [-0.15, -0.1) is 0 Å². The smallest absolute Gasteiger partial charge is 0.127 e. The average Bonchev–Trinajstić information content (AvgIpc) is 2.43. The fraction of sp³-hybridized carbons (Fsp3) is 0.625. The van der Waals surface area contributed by atoms with Gasteiger partial charge in [-0.2, -0.15) is 0 Å². The summed E-state index contributed by atoms with van der Waals surface area (Å²) >= 11 is 0. The van der Waals surface area contributed by atoms with Crippen molar-refractivity contribution >= 4 is 0 Å². The van der Waals surface area contributed by atoms with Crippen LogP contribution in [0.15, 0.2) is 18.2 Å². The van der Waals surface area contributed by atoms with Crippen LogP contribution < -0.4 is 5.32 Å². The van der Waals surface area contributed by atoms with Crippen LogP contribution in [0.3, 0.4) is 0 Å². The molecule has 1 fully saturated rings. The number of hydrogen-bond acceptors (Lipinski definition) is 2. The maximum absolute atomic E-state index is 13.6. The van der Waals surface area contributed by atoms with Crippen molar-refractivity contribution in [3.63, 3.8) is 0 Å². The van der Waals surface area contributed by atoms with Gasteiger partial charge < -0.3 is 10.2 Å². The molecule has 1 aliphatic rings. The van der Waals surface area contributed by atoms with Crippen molar-refractivity contribution in [1.82, 2.24) is 10.2 Å². The maximum atomic E-state index is 13.6. The highest BCUT2D eigenvalue weighted by molar-refractivity contribution is 5.18. The van der Waals surface area contributed by atoms with Gasteiger partial charge in [0.05, 0.1) is 0 Å². The van der Waals surface area contributed by atoms with Crippen LogP contribution in [0.1, 0.15) is 37.7 Å². The summed E-state index contributed by atoms with van der Waals surface area (Å²) in [6.45, 7) is 1.19. The Balaban J connectivity index is 1.95. The molecule has 0 atom stereocenters. The molecule has 20 heavy (non-hydrogen) atoms. The summed E-state index contributed by atoms with van der Waals surface area (Å²) in [7, 11) is 4.21. The molecule has 0 heterocycles. The Labute approximate surface area is 120 Å². The van der Waals surface area contributed by atoms with Gasteiger partial charge >= 0.3 is 0 Å². The average molecular weight is 282 g/mol. The zero-order chi connectivity index (χ0) is 14.6. The van der Waals surface area contributed by atoms with Crippen molar-refractivity contribution < 1.29 is 8.78 Å². The van der Waals surface area contributed by atoms with Crippen LogP contribution in [0, 0.1) is 11.6 Å². The molecule has 1 saturated carbocycles. The van der Waals surface area contributed by atoms with E-state index in [0.29, 0.717) is 12.1 Å². The molecule has 112 valence electrons. The number of likely N-dealkylation sites (N-methyl/N-ethyl adjacent to an activating group) is 1. The van der Waals surface area contributed by atoms with Crippen molar-refractivity contribution in [2.75, 3.05) is 20.6 Å². The Hall–Kier alpha value is -1.00. The van der Waals surface area contributed by atoms with Crippen molar-refractivity contribution in [1.29, 1.82) is 0 Å². The van der Waals surface area contributed by atoms with Crippen LogP contribution >= 0.6 is 0 Å². The molecule has 2 nitrogen and oxygen atoms in total. The first kappa shape index (κ1) is 15.4.